The normalized spacial score (nSPS) is 12.5. The van der Waals surface area contributed by atoms with Gasteiger partial charge in [0.1, 0.15) is 11.4 Å². The highest BCUT2D eigenvalue weighted by atomic mass is 19.1. The molecule has 3 rings (SSSR count). The first-order valence-corrected chi connectivity index (χ1v) is 6.85. The summed E-state index contributed by atoms with van der Waals surface area (Å²) >= 11 is 0. The number of esters is 1. The number of pyridine rings is 1. The van der Waals surface area contributed by atoms with Crippen LogP contribution in [0.3, 0.4) is 0 Å². The van der Waals surface area contributed by atoms with E-state index >= 15 is 0 Å². The van der Waals surface area contributed by atoms with Gasteiger partial charge < -0.3 is 9.15 Å². The zero-order chi connectivity index (χ0) is 16.6. The summed E-state index contributed by atoms with van der Waals surface area (Å²) in [5.41, 5.74) is -0.703. The van der Waals surface area contributed by atoms with Crippen molar-refractivity contribution in [2.24, 2.45) is 0 Å². The van der Waals surface area contributed by atoms with Crippen LogP contribution in [-0.4, -0.2) is 17.6 Å². The van der Waals surface area contributed by atoms with Crippen molar-refractivity contribution in [3.8, 4) is 0 Å². The molecular formula is C16H11F2NO4. The summed E-state index contributed by atoms with van der Waals surface area (Å²) in [7, 11) is 0. The Hall–Kier alpha value is -2.83. The molecule has 2 aromatic heterocycles. The molecule has 0 aliphatic heterocycles. The second kappa shape index (κ2) is 5.75. The predicted octanol–water partition coefficient (Wildman–Crippen LogP) is 3.05. The van der Waals surface area contributed by atoms with E-state index in [1.54, 1.807) is 6.92 Å². The Bertz CT molecular complexity index is 967. The third-order valence-electron chi connectivity index (χ3n) is 3.27. The third kappa shape index (κ3) is 2.65. The van der Waals surface area contributed by atoms with E-state index in [-0.39, 0.29) is 34.4 Å². The van der Waals surface area contributed by atoms with E-state index in [1.165, 1.54) is 18.2 Å². The van der Waals surface area contributed by atoms with Crippen molar-refractivity contribution in [2.45, 2.75) is 13.1 Å². The minimum absolute atomic E-state index is 0.0398. The second-order valence-corrected chi connectivity index (χ2v) is 4.78. The summed E-state index contributed by atoms with van der Waals surface area (Å²) in [5.74, 6) is -1.63. The number of halogens is 2. The van der Waals surface area contributed by atoms with Crippen LogP contribution < -0.4 is 5.43 Å². The molecule has 1 atom stereocenters. The van der Waals surface area contributed by atoms with Crippen LogP contribution in [0.4, 0.5) is 8.78 Å². The summed E-state index contributed by atoms with van der Waals surface area (Å²) in [4.78, 5) is 27.6. The number of carbonyl (C=O) groups is 1. The zero-order valence-corrected chi connectivity index (χ0v) is 12.0. The van der Waals surface area contributed by atoms with Gasteiger partial charge in [-0.2, -0.15) is 0 Å². The Morgan fingerprint density at radius 2 is 2.09 bits per heavy atom. The van der Waals surface area contributed by atoms with Crippen molar-refractivity contribution in [2.75, 3.05) is 6.61 Å². The standard InChI is InChI=1S/C16H11F2NO4/c1-2-22-16(21)13(18)11-5-4-9-14(20)10-7-8(17)3-6-12(10)23-15(9)19-11/h3-7,13H,2H2,1H3/t13-/m1/s1. The minimum atomic E-state index is -2.08. The Morgan fingerprint density at radius 3 is 2.83 bits per heavy atom. The van der Waals surface area contributed by atoms with E-state index in [1.807, 2.05) is 0 Å². The maximum Gasteiger partial charge on any atom is 0.347 e. The number of alkyl halides is 1. The second-order valence-electron chi connectivity index (χ2n) is 4.78. The van der Waals surface area contributed by atoms with Gasteiger partial charge in [-0.25, -0.2) is 18.6 Å². The smallest absolute Gasteiger partial charge is 0.347 e. The lowest BCUT2D eigenvalue weighted by molar-refractivity contribution is -0.149. The number of ether oxygens (including phenoxy) is 1. The fraction of sp³-hybridized carbons (Fsp3) is 0.188. The SMILES string of the molecule is CCOC(=O)[C@H](F)c1ccc2c(=O)c3cc(F)ccc3oc2n1. The van der Waals surface area contributed by atoms with E-state index in [2.05, 4.69) is 9.72 Å². The van der Waals surface area contributed by atoms with E-state index in [9.17, 15) is 18.4 Å². The summed E-state index contributed by atoms with van der Waals surface area (Å²) in [6, 6.07) is 5.98. The lowest BCUT2D eigenvalue weighted by Crippen LogP contribution is -2.13. The van der Waals surface area contributed by atoms with Gasteiger partial charge in [-0.05, 0) is 37.3 Å². The van der Waals surface area contributed by atoms with Gasteiger partial charge in [-0.1, -0.05) is 0 Å². The van der Waals surface area contributed by atoms with Gasteiger partial charge in [0.25, 0.3) is 0 Å². The number of nitrogens with zero attached hydrogens (tertiary/aromatic N) is 1. The maximum absolute atomic E-state index is 14.0. The monoisotopic (exact) mass is 319 g/mol. The summed E-state index contributed by atoms with van der Waals surface area (Å²) in [6.45, 7) is 1.60. The van der Waals surface area contributed by atoms with Gasteiger partial charge in [-0.15, -0.1) is 0 Å². The van der Waals surface area contributed by atoms with Crippen LogP contribution in [0.25, 0.3) is 22.1 Å². The van der Waals surface area contributed by atoms with Crippen molar-refractivity contribution in [3.05, 3.63) is 52.1 Å². The Morgan fingerprint density at radius 1 is 1.30 bits per heavy atom. The number of rotatable bonds is 3. The number of benzene rings is 1. The van der Waals surface area contributed by atoms with Crippen LogP contribution in [0, 0.1) is 5.82 Å². The predicted molar refractivity (Wildman–Crippen MR) is 78.2 cm³/mol. The molecule has 0 N–H and O–H groups in total. The molecule has 23 heavy (non-hydrogen) atoms. The first-order valence-electron chi connectivity index (χ1n) is 6.85. The average Bonchev–Trinajstić information content (AvgIpc) is 2.55. The number of fused-ring (bicyclic) bond motifs is 2. The number of aromatic nitrogens is 1. The van der Waals surface area contributed by atoms with Gasteiger partial charge in [0.2, 0.25) is 17.3 Å². The molecule has 118 valence electrons. The molecular weight excluding hydrogens is 308 g/mol. The molecule has 0 aliphatic rings. The Kier molecular flexibility index (Phi) is 3.77. The van der Waals surface area contributed by atoms with Crippen LogP contribution >= 0.6 is 0 Å². The Labute approximate surface area is 128 Å². The van der Waals surface area contributed by atoms with E-state index in [0.717, 1.165) is 12.1 Å². The maximum atomic E-state index is 14.0. The first-order chi connectivity index (χ1) is 11.0. The summed E-state index contributed by atoms with van der Waals surface area (Å²) < 4.78 is 37.3. The molecule has 5 nitrogen and oxygen atoms in total. The minimum Gasteiger partial charge on any atom is -0.464 e. The molecule has 0 bridgehead atoms. The molecule has 0 spiro atoms. The largest absolute Gasteiger partial charge is 0.464 e. The highest BCUT2D eigenvalue weighted by Crippen LogP contribution is 2.22. The highest BCUT2D eigenvalue weighted by molar-refractivity contribution is 5.88. The molecule has 0 aliphatic carbocycles. The lowest BCUT2D eigenvalue weighted by Gasteiger charge is -2.08. The summed E-state index contributed by atoms with van der Waals surface area (Å²) in [6.07, 6.45) is -2.08. The highest BCUT2D eigenvalue weighted by Gasteiger charge is 2.23. The van der Waals surface area contributed by atoms with Crippen LogP contribution in [-0.2, 0) is 9.53 Å². The topological polar surface area (TPSA) is 69.4 Å². The van der Waals surface area contributed by atoms with Crippen molar-refractivity contribution in [3.63, 3.8) is 0 Å². The van der Waals surface area contributed by atoms with Gasteiger partial charge >= 0.3 is 5.97 Å². The third-order valence-corrected chi connectivity index (χ3v) is 3.27. The number of hydrogen-bond acceptors (Lipinski definition) is 5. The molecule has 0 saturated heterocycles. The zero-order valence-electron chi connectivity index (χ0n) is 12.0. The van der Waals surface area contributed by atoms with Crippen LogP contribution in [0.2, 0.25) is 0 Å². The lowest BCUT2D eigenvalue weighted by atomic mass is 10.1. The van der Waals surface area contributed by atoms with E-state index in [0.29, 0.717) is 0 Å². The molecule has 0 amide bonds. The molecule has 7 heteroatoms. The van der Waals surface area contributed by atoms with E-state index < -0.39 is 23.4 Å². The van der Waals surface area contributed by atoms with Crippen LogP contribution in [0.1, 0.15) is 18.8 Å². The van der Waals surface area contributed by atoms with Gasteiger partial charge in [0.05, 0.1) is 23.1 Å². The molecule has 0 fully saturated rings. The fourth-order valence-electron chi connectivity index (χ4n) is 2.20. The molecule has 0 saturated carbocycles. The average molecular weight is 319 g/mol. The molecule has 3 aromatic rings. The molecule has 0 unspecified atom stereocenters. The summed E-state index contributed by atoms with van der Waals surface area (Å²) in [5, 5.41) is 0.136. The number of hydrogen-bond donors (Lipinski definition) is 0. The van der Waals surface area contributed by atoms with Gasteiger partial charge in [0.15, 0.2) is 0 Å². The van der Waals surface area contributed by atoms with Crippen LogP contribution in [0.15, 0.2) is 39.5 Å². The van der Waals surface area contributed by atoms with Crippen LogP contribution in [0.5, 0.6) is 0 Å². The molecule has 1 aromatic carbocycles. The van der Waals surface area contributed by atoms with Gasteiger partial charge in [-0.3, -0.25) is 4.79 Å². The molecule has 2 heterocycles. The number of carbonyl (C=O) groups excluding carboxylic acids is 1. The van der Waals surface area contributed by atoms with Gasteiger partial charge in [0, 0.05) is 0 Å². The quantitative estimate of drug-likeness (QED) is 0.548. The van der Waals surface area contributed by atoms with Crippen molar-refractivity contribution in [1.29, 1.82) is 0 Å². The van der Waals surface area contributed by atoms with Crippen molar-refractivity contribution >= 4 is 28.0 Å². The molecule has 0 radical (unpaired) electrons. The first kappa shape index (κ1) is 15.1. The van der Waals surface area contributed by atoms with E-state index in [4.69, 9.17) is 4.42 Å². The Balaban J connectivity index is 2.17. The van der Waals surface area contributed by atoms with Crippen molar-refractivity contribution < 1.29 is 22.7 Å². The fourth-order valence-corrected chi connectivity index (χ4v) is 2.20. The van der Waals surface area contributed by atoms with Crippen molar-refractivity contribution in [1.82, 2.24) is 4.98 Å².